The van der Waals surface area contributed by atoms with Gasteiger partial charge >= 0.3 is 5.97 Å². The number of methoxy groups -OCH3 is 1. The lowest BCUT2D eigenvalue weighted by Crippen LogP contribution is -2.28. The van der Waals surface area contributed by atoms with Crippen LogP contribution in [-0.2, 0) is 17.7 Å². The molecule has 6 nitrogen and oxygen atoms in total. The van der Waals surface area contributed by atoms with Crippen molar-refractivity contribution in [1.29, 1.82) is 0 Å². The lowest BCUT2D eigenvalue weighted by molar-refractivity contribution is 0.0591. The van der Waals surface area contributed by atoms with Gasteiger partial charge in [0.1, 0.15) is 0 Å². The molecule has 0 aromatic carbocycles. The first kappa shape index (κ1) is 12.8. The molecule has 0 saturated heterocycles. The second kappa shape index (κ2) is 5.05. The van der Waals surface area contributed by atoms with Crippen LogP contribution in [0.2, 0.25) is 0 Å². The van der Waals surface area contributed by atoms with Crippen LogP contribution in [0.15, 0.2) is 24.4 Å². The zero-order valence-corrected chi connectivity index (χ0v) is 11.5. The van der Waals surface area contributed by atoms with Crippen LogP contribution >= 0.6 is 0 Å². The van der Waals surface area contributed by atoms with Gasteiger partial charge in [0.25, 0.3) is 0 Å². The highest BCUT2D eigenvalue weighted by Crippen LogP contribution is 2.24. The number of ether oxygens (including phenoxy) is 1. The van der Waals surface area contributed by atoms with Gasteiger partial charge in [0.15, 0.2) is 11.5 Å². The second-order valence-electron chi connectivity index (χ2n) is 4.85. The minimum atomic E-state index is -0.397. The number of aromatic nitrogens is 3. The van der Waals surface area contributed by atoms with Crippen LogP contribution in [0.3, 0.4) is 0 Å². The number of carbonyl (C=O) groups excluding carboxylic acids is 1. The third-order valence-electron chi connectivity index (χ3n) is 3.49. The first-order valence-corrected chi connectivity index (χ1v) is 6.49. The maximum atomic E-state index is 11.9. The Morgan fingerprint density at radius 2 is 2.25 bits per heavy atom. The van der Waals surface area contributed by atoms with Crippen LogP contribution in [0.25, 0.3) is 5.82 Å². The molecular weight excluding hydrogens is 256 g/mol. The number of rotatable bonds is 2. The molecule has 3 heterocycles. The highest BCUT2D eigenvalue weighted by molar-refractivity contribution is 5.89. The fourth-order valence-corrected chi connectivity index (χ4v) is 2.48. The molecule has 0 amide bonds. The molecule has 3 rings (SSSR count). The molecule has 0 radical (unpaired) electrons. The molecule has 0 unspecified atom stereocenters. The van der Waals surface area contributed by atoms with Crippen LogP contribution in [0, 0.1) is 0 Å². The first-order valence-electron chi connectivity index (χ1n) is 6.49. The minimum Gasteiger partial charge on any atom is -0.464 e. The van der Waals surface area contributed by atoms with Gasteiger partial charge in [-0.1, -0.05) is 6.07 Å². The molecule has 2 aromatic heterocycles. The maximum absolute atomic E-state index is 11.9. The molecular formula is C14H16N4O2. The normalized spacial score (nSPS) is 14.9. The van der Waals surface area contributed by atoms with E-state index >= 15 is 0 Å². The average Bonchev–Trinajstić information content (AvgIpc) is 2.86. The number of esters is 1. The van der Waals surface area contributed by atoms with Gasteiger partial charge in [-0.25, -0.2) is 14.5 Å². The lowest BCUT2D eigenvalue weighted by atomic mass is 10.1. The van der Waals surface area contributed by atoms with Crippen LogP contribution in [0.4, 0.5) is 0 Å². The van der Waals surface area contributed by atoms with Gasteiger partial charge in [-0.05, 0) is 19.2 Å². The van der Waals surface area contributed by atoms with Crippen LogP contribution in [0.1, 0.15) is 21.7 Å². The summed E-state index contributed by atoms with van der Waals surface area (Å²) in [6.45, 7) is 1.64. The molecule has 0 spiro atoms. The van der Waals surface area contributed by atoms with E-state index in [-0.39, 0.29) is 0 Å². The number of carbonyl (C=O) groups is 1. The summed E-state index contributed by atoms with van der Waals surface area (Å²) in [6.07, 6.45) is 2.56. The fraction of sp³-hybridized carbons (Fsp3) is 0.357. The third-order valence-corrected chi connectivity index (χ3v) is 3.49. The van der Waals surface area contributed by atoms with E-state index in [1.165, 1.54) is 7.11 Å². The summed E-state index contributed by atoms with van der Waals surface area (Å²) in [6, 6.07) is 5.64. The minimum absolute atomic E-state index is 0.389. The van der Waals surface area contributed by atoms with Crippen molar-refractivity contribution >= 4 is 5.97 Å². The quantitative estimate of drug-likeness (QED) is 0.765. The van der Waals surface area contributed by atoms with Crippen molar-refractivity contribution < 1.29 is 9.53 Å². The monoisotopic (exact) mass is 272 g/mol. The Morgan fingerprint density at radius 1 is 1.40 bits per heavy atom. The number of fused-ring (bicyclic) bond motifs is 1. The zero-order valence-electron chi connectivity index (χ0n) is 11.5. The molecule has 1 aliphatic heterocycles. The first-order chi connectivity index (χ1) is 9.70. The van der Waals surface area contributed by atoms with Crippen LogP contribution in [0.5, 0.6) is 0 Å². The number of likely N-dealkylation sites (N-methyl/N-ethyl adjacent to an activating group) is 1. The molecule has 0 aliphatic carbocycles. The second-order valence-corrected chi connectivity index (χ2v) is 4.85. The summed E-state index contributed by atoms with van der Waals surface area (Å²) in [5.74, 6) is 0.328. The Morgan fingerprint density at radius 3 is 2.95 bits per heavy atom. The Labute approximate surface area is 117 Å². The Kier molecular flexibility index (Phi) is 3.23. The summed E-state index contributed by atoms with van der Waals surface area (Å²) in [7, 11) is 3.41. The van der Waals surface area contributed by atoms with E-state index in [9.17, 15) is 4.79 Å². The lowest BCUT2D eigenvalue weighted by Gasteiger charge is -2.23. The summed E-state index contributed by atoms with van der Waals surface area (Å²) in [4.78, 5) is 18.4. The van der Waals surface area contributed by atoms with E-state index in [4.69, 9.17) is 4.74 Å². The fourth-order valence-electron chi connectivity index (χ4n) is 2.48. The Hall–Kier alpha value is -2.21. The van der Waals surface area contributed by atoms with Gasteiger partial charge in [-0.3, -0.25) is 0 Å². The predicted molar refractivity (Wildman–Crippen MR) is 72.7 cm³/mol. The van der Waals surface area contributed by atoms with E-state index in [0.29, 0.717) is 12.2 Å². The molecule has 0 atom stereocenters. The molecule has 2 aromatic rings. The van der Waals surface area contributed by atoms with Gasteiger partial charge in [-0.2, -0.15) is 5.10 Å². The Bertz CT molecular complexity index is 636. The SMILES string of the molecule is COC(=O)c1nn(-c2ccccn2)c2c1CN(C)CC2. The predicted octanol–water partition coefficient (Wildman–Crippen LogP) is 1.04. The third kappa shape index (κ3) is 2.08. The van der Waals surface area contributed by atoms with Crippen molar-refractivity contribution in [3.63, 3.8) is 0 Å². The number of pyridine rings is 1. The molecule has 0 fully saturated rings. The van der Waals surface area contributed by atoms with E-state index < -0.39 is 5.97 Å². The van der Waals surface area contributed by atoms with E-state index in [0.717, 1.165) is 30.0 Å². The molecule has 20 heavy (non-hydrogen) atoms. The number of hydrogen-bond donors (Lipinski definition) is 0. The molecule has 1 aliphatic rings. The van der Waals surface area contributed by atoms with Crippen LogP contribution in [-0.4, -0.2) is 46.3 Å². The zero-order chi connectivity index (χ0) is 14.1. The van der Waals surface area contributed by atoms with Crippen molar-refractivity contribution in [3.05, 3.63) is 41.3 Å². The van der Waals surface area contributed by atoms with Gasteiger partial charge in [-0.15, -0.1) is 0 Å². The molecule has 0 bridgehead atoms. The summed E-state index contributed by atoms with van der Waals surface area (Å²) < 4.78 is 6.59. The smallest absolute Gasteiger partial charge is 0.358 e. The topological polar surface area (TPSA) is 60.2 Å². The van der Waals surface area contributed by atoms with E-state index in [1.807, 2.05) is 25.2 Å². The highest BCUT2D eigenvalue weighted by atomic mass is 16.5. The largest absolute Gasteiger partial charge is 0.464 e. The van der Waals surface area contributed by atoms with E-state index in [2.05, 4.69) is 15.0 Å². The van der Waals surface area contributed by atoms with Gasteiger partial charge in [0.05, 0.1) is 12.8 Å². The van der Waals surface area contributed by atoms with Gasteiger partial charge in [0.2, 0.25) is 0 Å². The molecule has 6 heteroatoms. The van der Waals surface area contributed by atoms with Crippen molar-refractivity contribution in [2.75, 3.05) is 20.7 Å². The molecule has 0 N–H and O–H groups in total. The van der Waals surface area contributed by atoms with E-state index in [1.54, 1.807) is 10.9 Å². The van der Waals surface area contributed by atoms with Crippen molar-refractivity contribution in [3.8, 4) is 5.82 Å². The number of hydrogen-bond acceptors (Lipinski definition) is 5. The number of nitrogens with zero attached hydrogens (tertiary/aromatic N) is 4. The van der Waals surface area contributed by atoms with Crippen molar-refractivity contribution in [2.45, 2.75) is 13.0 Å². The standard InChI is InChI=1S/C14H16N4O2/c1-17-8-6-11-10(9-17)13(14(19)20-2)16-18(11)12-5-3-4-7-15-12/h3-5,7H,6,8-9H2,1-2H3. The summed E-state index contributed by atoms with van der Waals surface area (Å²) in [5.41, 5.74) is 2.37. The average molecular weight is 272 g/mol. The Balaban J connectivity index is 2.15. The molecule has 104 valence electrons. The maximum Gasteiger partial charge on any atom is 0.358 e. The highest BCUT2D eigenvalue weighted by Gasteiger charge is 2.28. The van der Waals surface area contributed by atoms with Crippen molar-refractivity contribution in [1.82, 2.24) is 19.7 Å². The van der Waals surface area contributed by atoms with Crippen LogP contribution < -0.4 is 0 Å². The summed E-state index contributed by atoms with van der Waals surface area (Å²) >= 11 is 0. The van der Waals surface area contributed by atoms with Gasteiger partial charge < -0.3 is 9.64 Å². The van der Waals surface area contributed by atoms with Crippen molar-refractivity contribution in [2.24, 2.45) is 0 Å². The summed E-state index contributed by atoms with van der Waals surface area (Å²) in [5, 5.41) is 4.42. The van der Waals surface area contributed by atoms with Gasteiger partial charge in [0, 0.05) is 31.3 Å². The molecule has 0 saturated carbocycles.